The topological polar surface area (TPSA) is 75.8 Å². The number of aromatic nitrogens is 1. The lowest BCUT2D eigenvalue weighted by molar-refractivity contribution is -0.150. The highest BCUT2D eigenvalue weighted by atomic mass is 16.5. The van der Waals surface area contributed by atoms with Crippen LogP contribution >= 0.6 is 0 Å². The highest BCUT2D eigenvalue weighted by Crippen LogP contribution is 2.34. The molecule has 2 saturated heterocycles. The van der Waals surface area contributed by atoms with Crippen molar-refractivity contribution in [3.63, 3.8) is 0 Å². The van der Waals surface area contributed by atoms with Crippen molar-refractivity contribution in [2.75, 3.05) is 18.0 Å². The summed E-state index contributed by atoms with van der Waals surface area (Å²) < 4.78 is 11.2. The average Bonchev–Trinajstić information content (AvgIpc) is 3.24. The van der Waals surface area contributed by atoms with Crippen molar-refractivity contribution < 1.29 is 19.1 Å². The lowest BCUT2D eigenvalue weighted by Crippen LogP contribution is -2.38. The highest BCUT2D eigenvalue weighted by Gasteiger charge is 2.36. The van der Waals surface area contributed by atoms with Gasteiger partial charge in [0.15, 0.2) is 6.10 Å². The molecule has 23 heavy (non-hydrogen) atoms. The maximum Gasteiger partial charge on any atom is 0.332 e. The lowest BCUT2D eigenvalue weighted by atomic mass is 9.89. The second-order valence-corrected chi connectivity index (χ2v) is 6.37. The number of aliphatic carboxylic acids is 1. The maximum absolute atomic E-state index is 11.0. The molecule has 0 aliphatic carbocycles. The van der Waals surface area contributed by atoms with Gasteiger partial charge in [0.05, 0.1) is 17.8 Å². The fourth-order valence-electron chi connectivity index (χ4n) is 3.81. The first-order chi connectivity index (χ1) is 11.2. The number of pyridine rings is 1. The van der Waals surface area contributed by atoms with E-state index in [1.165, 1.54) is 0 Å². The number of nitrogens with zero attached hydrogens (tertiary/aromatic N) is 2. The van der Waals surface area contributed by atoms with Gasteiger partial charge in [-0.25, -0.2) is 9.78 Å². The summed E-state index contributed by atoms with van der Waals surface area (Å²) in [7, 11) is 0. The molecule has 0 unspecified atom stereocenters. The van der Waals surface area contributed by atoms with Gasteiger partial charge >= 0.3 is 5.97 Å². The standard InChI is InChI=1S/C17H20N2O4/c20-17(21)15-2-1-13(23-15)11-4-8-19(9-5-11)16-12-6-10-22-14(12)3-7-18-16/h3,6-7,10-11,13,15H,1-2,4-5,8-9H2,(H,20,21)/t13-,15+/m0/s1. The molecule has 4 rings (SSSR count). The van der Waals surface area contributed by atoms with Gasteiger partial charge in [0.25, 0.3) is 0 Å². The first-order valence-corrected chi connectivity index (χ1v) is 8.18. The monoisotopic (exact) mass is 316 g/mol. The van der Waals surface area contributed by atoms with Gasteiger partial charge < -0.3 is 19.2 Å². The number of hydrogen-bond acceptors (Lipinski definition) is 5. The minimum absolute atomic E-state index is 0.0935. The number of carboxylic acid groups (broad SMARTS) is 1. The Morgan fingerprint density at radius 2 is 2.04 bits per heavy atom. The third kappa shape index (κ3) is 2.67. The zero-order chi connectivity index (χ0) is 15.8. The predicted molar refractivity (Wildman–Crippen MR) is 84.5 cm³/mol. The number of piperidine rings is 1. The molecule has 0 spiro atoms. The Hall–Kier alpha value is -2.08. The van der Waals surface area contributed by atoms with E-state index in [0.29, 0.717) is 12.3 Å². The summed E-state index contributed by atoms with van der Waals surface area (Å²) in [5, 5.41) is 10.1. The Labute approximate surface area is 134 Å². The highest BCUT2D eigenvalue weighted by molar-refractivity contribution is 5.88. The molecular weight excluding hydrogens is 296 g/mol. The van der Waals surface area contributed by atoms with Crippen molar-refractivity contribution in [2.24, 2.45) is 5.92 Å². The number of rotatable bonds is 3. The molecule has 0 saturated carbocycles. The second kappa shape index (κ2) is 5.85. The number of hydrogen-bond donors (Lipinski definition) is 1. The smallest absolute Gasteiger partial charge is 0.332 e. The van der Waals surface area contributed by atoms with Crippen LogP contribution in [0.4, 0.5) is 5.82 Å². The Morgan fingerprint density at radius 1 is 1.22 bits per heavy atom. The average molecular weight is 316 g/mol. The molecule has 2 aromatic rings. The molecule has 0 aromatic carbocycles. The van der Waals surface area contributed by atoms with E-state index in [1.807, 2.05) is 12.1 Å². The molecule has 0 amide bonds. The summed E-state index contributed by atoms with van der Waals surface area (Å²) in [5.41, 5.74) is 0.862. The molecule has 2 aliphatic heterocycles. The van der Waals surface area contributed by atoms with Gasteiger partial charge in [0, 0.05) is 19.3 Å². The summed E-state index contributed by atoms with van der Waals surface area (Å²) in [6.45, 7) is 1.83. The van der Waals surface area contributed by atoms with Crippen LogP contribution in [0.2, 0.25) is 0 Å². The first-order valence-electron chi connectivity index (χ1n) is 8.18. The summed E-state index contributed by atoms with van der Waals surface area (Å²) in [4.78, 5) is 17.8. The van der Waals surface area contributed by atoms with Gasteiger partial charge in [-0.05, 0) is 43.7 Å². The molecule has 1 N–H and O–H groups in total. The van der Waals surface area contributed by atoms with E-state index in [1.54, 1.807) is 12.5 Å². The van der Waals surface area contributed by atoms with E-state index in [9.17, 15) is 4.79 Å². The Balaban J connectivity index is 1.42. The van der Waals surface area contributed by atoms with Gasteiger partial charge in [-0.15, -0.1) is 0 Å². The Morgan fingerprint density at radius 3 is 2.78 bits per heavy atom. The van der Waals surface area contributed by atoms with Crippen molar-refractivity contribution in [1.82, 2.24) is 4.98 Å². The van der Waals surface area contributed by atoms with Crippen molar-refractivity contribution >= 4 is 22.8 Å². The Kier molecular flexibility index (Phi) is 3.69. The molecule has 0 bridgehead atoms. The van der Waals surface area contributed by atoms with Crippen LogP contribution < -0.4 is 4.90 Å². The van der Waals surface area contributed by atoms with E-state index in [0.717, 1.165) is 49.1 Å². The van der Waals surface area contributed by atoms with Gasteiger partial charge in [-0.3, -0.25) is 0 Å². The van der Waals surface area contributed by atoms with Crippen LogP contribution in [0, 0.1) is 5.92 Å². The number of carboxylic acids is 1. The maximum atomic E-state index is 11.0. The molecule has 6 heteroatoms. The summed E-state index contributed by atoms with van der Waals surface area (Å²) in [5.74, 6) is 0.588. The van der Waals surface area contributed by atoms with Crippen LogP contribution in [0.25, 0.3) is 11.0 Å². The fraction of sp³-hybridized carbons (Fsp3) is 0.529. The van der Waals surface area contributed by atoms with Crippen LogP contribution in [-0.4, -0.2) is 41.4 Å². The first kappa shape index (κ1) is 14.5. The van der Waals surface area contributed by atoms with Gasteiger partial charge in [0.2, 0.25) is 0 Å². The molecule has 122 valence electrons. The molecular formula is C17H20N2O4. The van der Waals surface area contributed by atoms with E-state index >= 15 is 0 Å². The van der Waals surface area contributed by atoms with Crippen molar-refractivity contribution in [1.29, 1.82) is 0 Å². The van der Waals surface area contributed by atoms with Gasteiger partial charge in [-0.2, -0.15) is 0 Å². The van der Waals surface area contributed by atoms with E-state index in [2.05, 4.69) is 9.88 Å². The zero-order valence-corrected chi connectivity index (χ0v) is 12.9. The van der Waals surface area contributed by atoms with Crippen molar-refractivity contribution in [3.05, 3.63) is 24.6 Å². The third-order valence-corrected chi connectivity index (χ3v) is 5.05. The molecule has 0 radical (unpaired) electrons. The van der Waals surface area contributed by atoms with Crippen molar-refractivity contribution in [3.8, 4) is 0 Å². The van der Waals surface area contributed by atoms with E-state index < -0.39 is 12.1 Å². The number of ether oxygens (including phenoxy) is 1. The quantitative estimate of drug-likeness (QED) is 0.938. The van der Waals surface area contributed by atoms with Crippen LogP contribution in [0.15, 0.2) is 29.0 Å². The van der Waals surface area contributed by atoms with E-state index in [-0.39, 0.29) is 6.10 Å². The van der Waals surface area contributed by atoms with Crippen LogP contribution in [0.1, 0.15) is 25.7 Å². The second-order valence-electron chi connectivity index (χ2n) is 6.37. The van der Waals surface area contributed by atoms with Crippen LogP contribution in [-0.2, 0) is 9.53 Å². The molecule has 2 aromatic heterocycles. The molecule has 2 aliphatic rings. The van der Waals surface area contributed by atoms with Crippen molar-refractivity contribution in [2.45, 2.75) is 37.9 Å². The normalized spacial score (nSPS) is 26.0. The number of furan rings is 1. The summed E-state index contributed by atoms with van der Waals surface area (Å²) in [6.07, 6.45) is 6.47. The molecule has 2 atom stereocenters. The number of carbonyl (C=O) groups is 1. The van der Waals surface area contributed by atoms with Gasteiger partial charge in [-0.1, -0.05) is 0 Å². The SMILES string of the molecule is O=C(O)[C@H]1CC[C@@H](C2CCN(c3nccc4occc34)CC2)O1. The predicted octanol–water partition coefficient (Wildman–Crippen LogP) is 2.68. The Bertz CT molecular complexity index is 705. The minimum Gasteiger partial charge on any atom is -0.479 e. The summed E-state index contributed by atoms with van der Waals surface area (Å²) >= 11 is 0. The fourth-order valence-corrected chi connectivity index (χ4v) is 3.81. The largest absolute Gasteiger partial charge is 0.479 e. The molecule has 4 heterocycles. The molecule has 2 fully saturated rings. The lowest BCUT2D eigenvalue weighted by Gasteiger charge is -2.35. The summed E-state index contributed by atoms with van der Waals surface area (Å²) in [6, 6.07) is 3.84. The zero-order valence-electron chi connectivity index (χ0n) is 12.9. The minimum atomic E-state index is -0.833. The molecule has 6 nitrogen and oxygen atoms in total. The number of anilines is 1. The van der Waals surface area contributed by atoms with Crippen LogP contribution in [0.5, 0.6) is 0 Å². The number of fused-ring (bicyclic) bond motifs is 1. The van der Waals surface area contributed by atoms with Gasteiger partial charge in [0.1, 0.15) is 11.4 Å². The third-order valence-electron chi connectivity index (χ3n) is 5.05. The van der Waals surface area contributed by atoms with E-state index in [4.69, 9.17) is 14.3 Å². The van der Waals surface area contributed by atoms with Crippen LogP contribution in [0.3, 0.4) is 0 Å².